The number of sulfonamides is 1. The third-order valence-electron chi connectivity index (χ3n) is 4.92. The summed E-state index contributed by atoms with van der Waals surface area (Å²) >= 11 is 0. The van der Waals surface area contributed by atoms with Crippen LogP contribution in [0.15, 0.2) is 52.1 Å². The summed E-state index contributed by atoms with van der Waals surface area (Å²) in [5.41, 5.74) is 5.96. The Kier molecular flexibility index (Phi) is 4.87. The summed E-state index contributed by atoms with van der Waals surface area (Å²) < 4.78 is 31.8. The SMILES string of the molecule is NC(=O)c1ccc(S(=O)(=O)N2CCN(c3ccc4ncccc4c3[N+](=O)[O-])CC2)o1. The molecule has 0 atom stereocenters. The van der Waals surface area contributed by atoms with Gasteiger partial charge in [-0.3, -0.25) is 19.9 Å². The van der Waals surface area contributed by atoms with Gasteiger partial charge in [0.15, 0.2) is 5.76 Å². The van der Waals surface area contributed by atoms with E-state index in [4.69, 9.17) is 10.2 Å². The standard InChI is InChI=1S/C18H17N5O6S/c19-18(24)15-5-6-16(29-15)30(27,28)22-10-8-21(9-11-22)14-4-3-13-12(2-1-7-20-13)17(14)23(25)26/h1-7H,8-11H2,(H2,19,24). The van der Waals surface area contributed by atoms with Gasteiger partial charge in [0.05, 0.1) is 15.8 Å². The molecule has 11 nitrogen and oxygen atoms in total. The van der Waals surface area contributed by atoms with Crippen molar-refractivity contribution in [3.8, 4) is 0 Å². The minimum Gasteiger partial charge on any atom is -0.438 e. The number of rotatable bonds is 5. The number of piperazine rings is 1. The van der Waals surface area contributed by atoms with Gasteiger partial charge in [-0.1, -0.05) is 0 Å². The molecule has 3 aromatic rings. The number of aromatic nitrogens is 1. The summed E-state index contributed by atoms with van der Waals surface area (Å²) in [5, 5.41) is 11.8. The van der Waals surface area contributed by atoms with Gasteiger partial charge in [-0.2, -0.15) is 4.31 Å². The average Bonchev–Trinajstić information content (AvgIpc) is 3.24. The van der Waals surface area contributed by atoms with Crippen LogP contribution in [0.2, 0.25) is 0 Å². The predicted molar refractivity (Wildman–Crippen MR) is 107 cm³/mol. The van der Waals surface area contributed by atoms with E-state index < -0.39 is 20.9 Å². The fraction of sp³-hybridized carbons (Fsp3) is 0.222. The molecule has 30 heavy (non-hydrogen) atoms. The molecule has 1 aromatic carbocycles. The number of carbonyl (C=O) groups excluding carboxylic acids is 1. The van der Waals surface area contributed by atoms with Crippen molar-refractivity contribution in [2.24, 2.45) is 5.73 Å². The number of nitrogens with two attached hydrogens (primary N) is 1. The molecule has 0 saturated carbocycles. The van der Waals surface area contributed by atoms with E-state index >= 15 is 0 Å². The number of primary amides is 1. The van der Waals surface area contributed by atoms with Crippen molar-refractivity contribution in [2.75, 3.05) is 31.1 Å². The Balaban J connectivity index is 1.58. The van der Waals surface area contributed by atoms with Crippen LogP contribution < -0.4 is 10.6 Å². The molecule has 1 aliphatic heterocycles. The zero-order valence-corrected chi connectivity index (χ0v) is 16.4. The van der Waals surface area contributed by atoms with Crippen molar-refractivity contribution in [1.29, 1.82) is 0 Å². The molecule has 0 unspecified atom stereocenters. The van der Waals surface area contributed by atoms with Gasteiger partial charge >= 0.3 is 5.69 Å². The molecule has 3 heterocycles. The van der Waals surface area contributed by atoms with Gasteiger partial charge in [0, 0.05) is 32.4 Å². The van der Waals surface area contributed by atoms with Gasteiger partial charge in [-0.25, -0.2) is 8.42 Å². The fourth-order valence-electron chi connectivity index (χ4n) is 3.46. The second kappa shape index (κ2) is 7.39. The highest BCUT2D eigenvalue weighted by atomic mass is 32.2. The Morgan fingerprint density at radius 1 is 1.13 bits per heavy atom. The van der Waals surface area contributed by atoms with E-state index in [0.717, 1.165) is 0 Å². The maximum atomic E-state index is 12.8. The highest BCUT2D eigenvalue weighted by molar-refractivity contribution is 7.89. The van der Waals surface area contributed by atoms with E-state index in [-0.39, 0.29) is 42.7 Å². The molecule has 0 spiro atoms. The molecule has 0 bridgehead atoms. The van der Waals surface area contributed by atoms with Gasteiger partial charge in [-0.05, 0) is 36.4 Å². The Bertz CT molecular complexity index is 1250. The Morgan fingerprint density at radius 3 is 2.50 bits per heavy atom. The van der Waals surface area contributed by atoms with E-state index in [1.54, 1.807) is 35.4 Å². The van der Waals surface area contributed by atoms with E-state index in [2.05, 4.69) is 4.98 Å². The lowest BCUT2D eigenvalue weighted by molar-refractivity contribution is -0.382. The van der Waals surface area contributed by atoms with Gasteiger partial charge in [0.25, 0.3) is 15.9 Å². The van der Waals surface area contributed by atoms with Crippen LogP contribution in [0, 0.1) is 10.1 Å². The largest absolute Gasteiger partial charge is 0.438 e. The molecule has 0 aliphatic carbocycles. The summed E-state index contributed by atoms with van der Waals surface area (Å²) in [6.07, 6.45) is 1.56. The van der Waals surface area contributed by atoms with Gasteiger partial charge in [-0.15, -0.1) is 0 Å². The van der Waals surface area contributed by atoms with E-state index in [1.165, 1.54) is 16.4 Å². The van der Waals surface area contributed by atoms with Crippen LogP contribution in [0.4, 0.5) is 11.4 Å². The lowest BCUT2D eigenvalue weighted by Crippen LogP contribution is -2.48. The third kappa shape index (κ3) is 3.35. The van der Waals surface area contributed by atoms with Crippen LogP contribution >= 0.6 is 0 Å². The number of anilines is 1. The van der Waals surface area contributed by atoms with Crippen molar-refractivity contribution < 1.29 is 22.6 Å². The molecular weight excluding hydrogens is 414 g/mol. The zero-order chi connectivity index (χ0) is 21.5. The second-order valence-corrected chi connectivity index (χ2v) is 8.50. The first kappa shape index (κ1) is 19.8. The first-order valence-electron chi connectivity index (χ1n) is 8.96. The maximum absolute atomic E-state index is 12.8. The maximum Gasteiger partial charge on any atom is 0.301 e. The third-order valence-corrected chi connectivity index (χ3v) is 6.69. The fourth-order valence-corrected chi connectivity index (χ4v) is 4.79. The van der Waals surface area contributed by atoms with Gasteiger partial charge in [0.1, 0.15) is 5.69 Å². The van der Waals surface area contributed by atoms with Crippen molar-refractivity contribution in [3.63, 3.8) is 0 Å². The van der Waals surface area contributed by atoms with Crippen LogP contribution in [0.1, 0.15) is 10.6 Å². The van der Waals surface area contributed by atoms with Crippen LogP contribution in [-0.4, -0.2) is 54.7 Å². The normalized spacial score (nSPS) is 15.4. The van der Waals surface area contributed by atoms with Crippen molar-refractivity contribution in [2.45, 2.75) is 5.09 Å². The number of hydrogen-bond acceptors (Lipinski definition) is 8. The number of pyridine rings is 1. The molecule has 1 fully saturated rings. The molecule has 2 N–H and O–H groups in total. The van der Waals surface area contributed by atoms with Crippen LogP contribution in [0.25, 0.3) is 10.9 Å². The van der Waals surface area contributed by atoms with Crippen LogP contribution in [-0.2, 0) is 10.0 Å². The molecule has 4 rings (SSSR count). The molecule has 1 amide bonds. The molecule has 0 radical (unpaired) electrons. The number of nitro benzene ring substituents is 1. The summed E-state index contributed by atoms with van der Waals surface area (Å²) in [6, 6.07) is 8.99. The minimum absolute atomic E-state index is 0.0611. The molecule has 156 valence electrons. The minimum atomic E-state index is -3.95. The number of benzene rings is 1. The monoisotopic (exact) mass is 431 g/mol. The molecule has 2 aromatic heterocycles. The number of nitrogens with zero attached hydrogens (tertiary/aromatic N) is 4. The van der Waals surface area contributed by atoms with Crippen LogP contribution in [0.5, 0.6) is 0 Å². The Labute approximate surface area is 170 Å². The number of hydrogen-bond donors (Lipinski definition) is 1. The van der Waals surface area contributed by atoms with E-state index in [0.29, 0.717) is 16.6 Å². The zero-order valence-electron chi connectivity index (χ0n) is 15.6. The summed E-state index contributed by atoms with van der Waals surface area (Å²) in [7, 11) is -3.95. The molecular formula is C18H17N5O6S. The number of carbonyl (C=O) groups is 1. The first-order valence-corrected chi connectivity index (χ1v) is 10.4. The number of nitro groups is 1. The van der Waals surface area contributed by atoms with Crippen molar-refractivity contribution in [1.82, 2.24) is 9.29 Å². The second-order valence-electron chi connectivity index (χ2n) is 6.63. The summed E-state index contributed by atoms with van der Waals surface area (Å²) in [5.74, 6) is -1.10. The first-order chi connectivity index (χ1) is 14.3. The molecule has 12 heteroatoms. The molecule has 1 aliphatic rings. The smallest absolute Gasteiger partial charge is 0.301 e. The van der Waals surface area contributed by atoms with Crippen molar-refractivity contribution in [3.05, 3.63) is 58.5 Å². The number of fused-ring (bicyclic) bond motifs is 1. The van der Waals surface area contributed by atoms with E-state index in [9.17, 15) is 23.3 Å². The number of furan rings is 1. The van der Waals surface area contributed by atoms with E-state index in [1.807, 2.05) is 0 Å². The lowest BCUT2D eigenvalue weighted by atomic mass is 10.1. The number of amides is 1. The Hall–Kier alpha value is -3.51. The molecule has 1 saturated heterocycles. The van der Waals surface area contributed by atoms with Gasteiger partial charge in [0.2, 0.25) is 5.09 Å². The summed E-state index contributed by atoms with van der Waals surface area (Å²) in [4.78, 5) is 28.4. The quantitative estimate of drug-likeness (QED) is 0.469. The van der Waals surface area contributed by atoms with Crippen LogP contribution in [0.3, 0.4) is 0 Å². The highest BCUT2D eigenvalue weighted by Gasteiger charge is 2.33. The predicted octanol–water partition coefficient (Wildman–Crippen LogP) is 1.35. The lowest BCUT2D eigenvalue weighted by Gasteiger charge is -2.34. The highest BCUT2D eigenvalue weighted by Crippen LogP contribution is 2.36. The van der Waals surface area contributed by atoms with Gasteiger partial charge < -0.3 is 15.1 Å². The Morgan fingerprint density at radius 2 is 1.87 bits per heavy atom. The average molecular weight is 431 g/mol. The summed E-state index contributed by atoms with van der Waals surface area (Å²) in [6.45, 7) is 0.679. The topological polar surface area (TPSA) is 153 Å². The van der Waals surface area contributed by atoms with Crippen molar-refractivity contribution >= 4 is 38.2 Å².